The molecular formula is C23H28O4. The van der Waals surface area contributed by atoms with E-state index >= 15 is 0 Å². The van der Waals surface area contributed by atoms with Crippen molar-refractivity contribution >= 4 is 0 Å². The molecule has 4 rings (SSSR count). The number of ether oxygens (including phenoxy) is 4. The van der Waals surface area contributed by atoms with Gasteiger partial charge in [-0.3, -0.25) is 0 Å². The van der Waals surface area contributed by atoms with E-state index in [-0.39, 0.29) is 11.7 Å². The van der Waals surface area contributed by atoms with Crippen molar-refractivity contribution in [2.75, 3.05) is 7.11 Å². The monoisotopic (exact) mass is 368 g/mol. The van der Waals surface area contributed by atoms with E-state index in [9.17, 15) is 0 Å². The predicted octanol–water partition coefficient (Wildman–Crippen LogP) is 4.67. The Labute approximate surface area is 161 Å². The van der Waals surface area contributed by atoms with Gasteiger partial charge in [-0.15, -0.1) is 0 Å². The predicted molar refractivity (Wildman–Crippen MR) is 104 cm³/mol. The Hall–Kier alpha value is -2.04. The van der Waals surface area contributed by atoms with Gasteiger partial charge < -0.3 is 18.9 Å². The van der Waals surface area contributed by atoms with Gasteiger partial charge >= 0.3 is 0 Å². The van der Waals surface area contributed by atoms with Gasteiger partial charge in [-0.05, 0) is 51.3 Å². The molecule has 0 saturated carbocycles. The minimum atomic E-state index is -0.555. The summed E-state index contributed by atoms with van der Waals surface area (Å²) in [4.78, 5) is 0. The highest BCUT2D eigenvalue weighted by Crippen LogP contribution is 2.48. The van der Waals surface area contributed by atoms with E-state index in [4.69, 9.17) is 18.9 Å². The summed E-state index contributed by atoms with van der Waals surface area (Å²) >= 11 is 0. The summed E-state index contributed by atoms with van der Waals surface area (Å²) in [7, 11) is 1.73. The van der Waals surface area contributed by atoms with Crippen molar-refractivity contribution < 1.29 is 18.9 Å². The fourth-order valence-electron chi connectivity index (χ4n) is 4.47. The smallest absolute Gasteiger partial charge is 0.164 e. The van der Waals surface area contributed by atoms with Gasteiger partial charge in [0.15, 0.2) is 5.79 Å². The van der Waals surface area contributed by atoms with Gasteiger partial charge in [-0.2, -0.15) is 0 Å². The van der Waals surface area contributed by atoms with E-state index in [0.717, 1.165) is 36.3 Å². The molecule has 4 heteroatoms. The highest BCUT2D eigenvalue weighted by Gasteiger charge is 2.53. The summed E-state index contributed by atoms with van der Waals surface area (Å²) in [6.45, 7) is 6.65. The number of methoxy groups -OCH3 is 1. The van der Waals surface area contributed by atoms with Gasteiger partial charge in [0.05, 0.1) is 13.2 Å². The maximum absolute atomic E-state index is 6.42. The lowest BCUT2D eigenvalue weighted by Gasteiger charge is -2.37. The molecule has 0 aromatic heterocycles. The second-order valence-corrected chi connectivity index (χ2v) is 8.00. The molecule has 2 aromatic rings. The lowest BCUT2D eigenvalue weighted by atomic mass is 9.77. The number of rotatable bonds is 4. The quantitative estimate of drug-likeness (QED) is 0.786. The Morgan fingerprint density at radius 1 is 1.04 bits per heavy atom. The van der Waals surface area contributed by atoms with Crippen LogP contribution in [0.25, 0.3) is 0 Å². The first-order chi connectivity index (χ1) is 12.9. The topological polar surface area (TPSA) is 36.9 Å². The number of hydrogen-bond donors (Lipinski definition) is 0. The number of fused-ring (bicyclic) bond motifs is 1. The first-order valence-corrected chi connectivity index (χ1v) is 9.66. The zero-order chi connectivity index (χ0) is 19.1. The van der Waals surface area contributed by atoms with Crippen molar-refractivity contribution in [3.8, 4) is 11.5 Å². The first kappa shape index (κ1) is 18.3. The Balaban J connectivity index is 1.65. The third-order valence-electron chi connectivity index (χ3n) is 5.73. The third kappa shape index (κ3) is 3.44. The number of benzene rings is 2. The average Bonchev–Trinajstić information content (AvgIpc) is 2.88. The molecule has 0 N–H and O–H groups in total. The Bertz CT molecular complexity index is 815. The lowest BCUT2D eigenvalue weighted by Crippen LogP contribution is -2.44. The molecule has 0 amide bonds. The van der Waals surface area contributed by atoms with Gasteiger partial charge in [0, 0.05) is 17.5 Å². The van der Waals surface area contributed by atoms with Crippen LogP contribution < -0.4 is 9.47 Å². The summed E-state index contributed by atoms with van der Waals surface area (Å²) in [5.74, 6) is 1.29. The second-order valence-electron chi connectivity index (χ2n) is 8.00. The standard InChI is InChI=1S/C23H28O4/c1-16-23(27-22(2,3)26-16)13-12-18-19(14-23)21(11-10-20(18)24-4)25-15-17-8-6-5-7-9-17/h5-11,16H,12-15H2,1-4H3/t16-,23-/m1/s1. The number of hydrogen-bond acceptors (Lipinski definition) is 4. The van der Waals surface area contributed by atoms with Crippen molar-refractivity contribution in [2.45, 2.75) is 64.1 Å². The molecule has 27 heavy (non-hydrogen) atoms. The minimum absolute atomic E-state index is 0.0359. The zero-order valence-corrected chi connectivity index (χ0v) is 16.6. The SMILES string of the molecule is COc1ccc(OCc2ccccc2)c2c1CC[C@]1(C2)OC(C)(C)O[C@@H]1C. The Kier molecular flexibility index (Phi) is 4.65. The van der Waals surface area contributed by atoms with Crippen LogP contribution in [-0.2, 0) is 28.9 Å². The Morgan fingerprint density at radius 3 is 2.44 bits per heavy atom. The van der Waals surface area contributed by atoms with Crippen molar-refractivity contribution in [1.82, 2.24) is 0 Å². The van der Waals surface area contributed by atoms with E-state index < -0.39 is 5.79 Å². The van der Waals surface area contributed by atoms with E-state index in [1.165, 1.54) is 11.1 Å². The first-order valence-electron chi connectivity index (χ1n) is 9.66. The summed E-state index contributed by atoms with van der Waals surface area (Å²) in [5.41, 5.74) is 3.26. The van der Waals surface area contributed by atoms with Crippen molar-refractivity contribution in [3.63, 3.8) is 0 Å². The van der Waals surface area contributed by atoms with E-state index in [1.54, 1.807) is 7.11 Å². The van der Waals surface area contributed by atoms with E-state index in [0.29, 0.717) is 6.61 Å². The molecular weight excluding hydrogens is 340 g/mol. The summed E-state index contributed by atoms with van der Waals surface area (Å²) < 4.78 is 24.4. The second kappa shape index (κ2) is 6.84. The summed E-state index contributed by atoms with van der Waals surface area (Å²) in [6.07, 6.45) is 2.62. The molecule has 2 aromatic carbocycles. The van der Waals surface area contributed by atoms with Crippen molar-refractivity contribution in [1.29, 1.82) is 0 Å². The van der Waals surface area contributed by atoms with Crippen molar-refractivity contribution in [2.24, 2.45) is 0 Å². The molecule has 0 bridgehead atoms. The average molecular weight is 368 g/mol. The molecule has 1 aliphatic heterocycles. The maximum Gasteiger partial charge on any atom is 0.164 e. The van der Waals surface area contributed by atoms with Crippen LogP contribution in [0.5, 0.6) is 11.5 Å². The van der Waals surface area contributed by atoms with Gasteiger partial charge in [-0.25, -0.2) is 0 Å². The lowest BCUT2D eigenvalue weighted by molar-refractivity contribution is -0.164. The molecule has 2 aliphatic rings. The normalized spacial score (nSPS) is 26.0. The van der Waals surface area contributed by atoms with Crippen LogP contribution in [0, 0.1) is 0 Å². The van der Waals surface area contributed by atoms with Crippen LogP contribution in [0.3, 0.4) is 0 Å². The molecule has 144 valence electrons. The molecule has 1 saturated heterocycles. The zero-order valence-electron chi connectivity index (χ0n) is 16.6. The van der Waals surface area contributed by atoms with E-state index in [1.807, 2.05) is 44.2 Å². The fourth-order valence-corrected chi connectivity index (χ4v) is 4.47. The Morgan fingerprint density at radius 2 is 1.78 bits per heavy atom. The molecule has 1 spiro atoms. The third-order valence-corrected chi connectivity index (χ3v) is 5.73. The van der Waals surface area contributed by atoms with Crippen LogP contribution in [0.1, 0.15) is 43.9 Å². The fraction of sp³-hybridized carbons (Fsp3) is 0.478. The van der Waals surface area contributed by atoms with Crippen molar-refractivity contribution in [3.05, 3.63) is 59.2 Å². The minimum Gasteiger partial charge on any atom is -0.496 e. The maximum atomic E-state index is 6.42. The molecule has 2 atom stereocenters. The van der Waals surface area contributed by atoms with Gasteiger partial charge in [0.1, 0.15) is 23.7 Å². The van der Waals surface area contributed by atoms with Crippen LogP contribution in [0.2, 0.25) is 0 Å². The van der Waals surface area contributed by atoms with Gasteiger partial charge in [0.2, 0.25) is 0 Å². The highest BCUT2D eigenvalue weighted by molar-refractivity contribution is 5.51. The van der Waals surface area contributed by atoms with Crippen LogP contribution in [0.15, 0.2) is 42.5 Å². The molecule has 0 unspecified atom stereocenters. The van der Waals surface area contributed by atoms with Gasteiger partial charge in [0.25, 0.3) is 0 Å². The molecule has 0 radical (unpaired) electrons. The summed E-state index contributed by atoms with van der Waals surface area (Å²) in [6, 6.07) is 14.3. The van der Waals surface area contributed by atoms with E-state index in [2.05, 4.69) is 19.1 Å². The highest BCUT2D eigenvalue weighted by atomic mass is 16.8. The molecule has 1 heterocycles. The van der Waals surface area contributed by atoms with Crippen LogP contribution in [0.4, 0.5) is 0 Å². The van der Waals surface area contributed by atoms with Gasteiger partial charge in [-0.1, -0.05) is 30.3 Å². The molecule has 1 fully saturated rings. The van der Waals surface area contributed by atoms with Crippen LogP contribution >= 0.6 is 0 Å². The molecule has 1 aliphatic carbocycles. The largest absolute Gasteiger partial charge is 0.496 e. The van der Waals surface area contributed by atoms with Crippen LogP contribution in [-0.4, -0.2) is 24.6 Å². The molecule has 4 nitrogen and oxygen atoms in total. The summed E-state index contributed by atoms with van der Waals surface area (Å²) in [5, 5.41) is 0.